The number of amides is 1. The Morgan fingerprint density at radius 2 is 2.00 bits per heavy atom. The van der Waals surface area contributed by atoms with Gasteiger partial charge < -0.3 is 5.32 Å². The number of nitrogens with one attached hydrogen (secondary N) is 2. The lowest BCUT2D eigenvalue weighted by Crippen LogP contribution is -2.23. The van der Waals surface area contributed by atoms with Crippen LogP contribution in [-0.4, -0.2) is 16.1 Å². The molecule has 2 aromatic carbocycles. The maximum Gasteiger partial charge on any atom is 0.269 e. The van der Waals surface area contributed by atoms with Gasteiger partial charge in [0.25, 0.3) is 5.91 Å². The molecule has 0 saturated carbocycles. The average molecular weight is 399 g/mol. The molecule has 0 aliphatic carbocycles. The highest BCUT2D eigenvalue weighted by Gasteiger charge is 2.12. The molecule has 0 fully saturated rings. The molecular weight excluding hydrogens is 387 g/mol. The Hall–Kier alpha value is -2.98. The van der Waals surface area contributed by atoms with Gasteiger partial charge in [-0.2, -0.15) is 10.4 Å². The van der Waals surface area contributed by atoms with Crippen molar-refractivity contribution in [2.75, 3.05) is 0 Å². The molecule has 3 aromatic rings. The van der Waals surface area contributed by atoms with E-state index >= 15 is 0 Å². The highest BCUT2D eigenvalue weighted by molar-refractivity contribution is 9.10. The van der Waals surface area contributed by atoms with Crippen LogP contribution in [0.25, 0.3) is 11.3 Å². The molecule has 0 aliphatic heterocycles. The van der Waals surface area contributed by atoms with Gasteiger partial charge in [-0.1, -0.05) is 28.1 Å². The number of benzene rings is 2. The lowest BCUT2D eigenvalue weighted by Gasteiger charge is -2.05. The van der Waals surface area contributed by atoms with E-state index in [9.17, 15) is 9.18 Å². The summed E-state index contributed by atoms with van der Waals surface area (Å²) in [6.07, 6.45) is 0. The van der Waals surface area contributed by atoms with Gasteiger partial charge in [-0.15, -0.1) is 0 Å². The predicted molar refractivity (Wildman–Crippen MR) is 94.0 cm³/mol. The molecule has 1 aromatic heterocycles. The number of carbonyl (C=O) groups excluding carboxylic acids is 1. The molecule has 2 N–H and O–H groups in total. The second kappa shape index (κ2) is 7.28. The Labute approximate surface area is 151 Å². The van der Waals surface area contributed by atoms with E-state index in [2.05, 4.69) is 31.4 Å². The highest BCUT2D eigenvalue weighted by atomic mass is 79.9. The Morgan fingerprint density at radius 3 is 2.72 bits per heavy atom. The van der Waals surface area contributed by atoms with Crippen molar-refractivity contribution in [3.8, 4) is 17.3 Å². The maximum atomic E-state index is 13.7. The summed E-state index contributed by atoms with van der Waals surface area (Å²) < 4.78 is 14.7. The molecule has 124 valence electrons. The molecular formula is C18H12BrFN4O. The fraction of sp³-hybridized carbons (Fsp3) is 0.0556. The van der Waals surface area contributed by atoms with Gasteiger partial charge in [-0.25, -0.2) is 4.39 Å². The summed E-state index contributed by atoms with van der Waals surface area (Å²) >= 11 is 3.36. The largest absolute Gasteiger partial charge is 0.347 e. The smallest absolute Gasteiger partial charge is 0.269 e. The first kappa shape index (κ1) is 16.9. The summed E-state index contributed by atoms with van der Waals surface area (Å²) in [5.41, 5.74) is 2.36. The summed E-state index contributed by atoms with van der Waals surface area (Å²) in [6, 6.07) is 15.1. The van der Waals surface area contributed by atoms with E-state index in [0.29, 0.717) is 11.3 Å². The number of nitriles is 1. The number of hydrogen-bond acceptors (Lipinski definition) is 3. The van der Waals surface area contributed by atoms with Crippen molar-refractivity contribution in [3.63, 3.8) is 0 Å². The molecule has 5 nitrogen and oxygen atoms in total. The predicted octanol–water partition coefficient (Wildman–Crippen LogP) is 3.78. The molecule has 0 bridgehead atoms. The Morgan fingerprint density at radius 1 is 1.24 bits per heavy atom. The first-order valence-electron chi connectivity index (χ1n) is 7.35. The third-order valence-corrected chi connectivity index (χ3v) is 4.11. The van der Waals surface area contributed by atoms with Crippen molar-refractivity contribution in [1.82, 2.24) is 15.5 Å². The van der Waals surface area contributed by atoms with Gasteiger partial charge in [0, 0.05) is 22.1 Å². The number of aromatic amines is 1. The third kappa shape index (κ3) is 3.92. The lowest BCUT2D eigenvalue weighted by molar-refractivity contribution is 0.0945. The van der Waals surface area contributed by atoms with Gasteiger partial charge in [0.1, 0.15) is 11.5 Å². The van der Waals surface area contributed by atoms with Gasteiger partial charge in [0.05, 0.1) is 17.3 Å². The van der Waals surface area contributed by atoms with E-state index in [4.69, 9.17) is 5.26 Å². The molecule has 0 atom stereocenters. The standard InChI is InChI=1S/C18H12BrFN4O/c19-14-4-2-12(3-5-14)16-8-17(24-23-16)18(25)22-10-13-7-11(9-21)1-6-15(13)20/h1-8H,10H2,(H,22,25)(H,23,24). The lowest BCUT2D eigenvalue weighted by atomic mass is 10.1. The van der Waals surface area contributed by atoms with Gasteiger partial charge in [-0.3, -0.25) is 9.89 Å². The van der Waals surface area contributed by atoms with Gasteiger partial charge in [0.15, 0.2) is 0 Å². The number of carbonyl (C=O) groups is 1. The van der Waals surface area contributed by atoms with Crippen molar-refractivity contribution in [2.45, 2.75) is 6.54 Å². The van der Waals surface area contributed by atoms with Crippen molar-refractivity contribution in [1.29, 1.82) is 5.26 Å². The minimum Gasteiger partial charge on any atom is -0.347 e. The topological polar surface area (TPSA) is 81.6 Å². The summed E-state index contributed by atoms with van der Waals surface area (Å²) in [5, 5.41) is 18.3. The van der Waals surface area contributed by atoms with Crippen molar-refractivity contribution in [3.05, 3.63) is 75.6 Å². The summed E-state index contributed by atoms with van der Waals surface area (Å²) in [6.45, 7) is -0.0210. The highest BCUT2D eigenvalue weighted by Crippen LogP contribution is 2.20. The van der Waals surface area contributed by atoms with E-state index in [1.54, 1.807) is 6.07 Å². The molecule has 0 aliphatic rings. The maximum absolute atomic E-state index is 13.7. The first-order chi connectivity index (χ1) is 12.1. The van der Waals surface area contributed by atoms with Crippen LogP contribution in [0.2, 0.25) is 0 Å². The van der Waals surface area contributed by atoms with Crippen LogP contribution >= 0.6 is 15.9 Å². The van der Waals surface area contributed by atoms with E-state index in [-0.39, 0.29) is 17.8 Å². The van der Waals surface area contributed by atoms with E-state index < -0.39 is 11.7 Å². The molecule has 0 unspecified atom stereocenters. The van der Waals surface area contributed by atoms with Crippen molar-refractivity contribution >= 4 is 21.8 Å². The molecule has 0 radical (unpaired) electrons. The average Bonchev–Trinajstić information content (AvgIpc) is 3.11. The van der Waals surface area contributed by atoms with Gasteiger partial charge in [-0.05, 0) is 36.4 Å². The summed E-state index contributed by atoms with van der Waals surface area (Å²) in [4.78, 5) is 12.2. The van der Waals surface area contributed by atoms with Crippen LogP contribution in [0.15, 0.2) is 53.0 Å². The van der Waals surface area contributed by atoms with Crippen LogP contribution in [0.5, 0.6) is 0 Å². The fourth-order valence-electron chi connectivity index (χ4n) is 2.26. The van der Waals surface area contributed by atoms with Gasteiger partial charge >= 0.3 is 0 Å². The third-order valence-electron chi connectivity index (χ3n) is 3.58. The Balaban J connectivity index is 1.70. The van der Waals surface area contributed by atoms with Crippen molar-refractivity contribution < 1.29 is 9.18 Å². The van der Waals surface area contributed by atoms with Crippen LogP contribution in [0, 0.1) is 17.1 Å². The van der Waals surface area contributed by atoms with Crippen LogP contribution in [0.4, 0.5) is 4.39 Å². The SMILES string of the molecule is N#Cc1ccc(F)c(CNC(=O)c2cc(-c3ccc(Br)cc3)n[nH]2)c1. The second-order valence-corrected chi connectivity index (χ2v) is 6.19. The van der Waals surface area contributed by atoms with Crippen LogP contribution in [0.3, 0.4) is 0 Å². The number of rotatable bonds is 4. The molecule has 7 heteroatoms. The normalized spacial score (nSPS) is 10.3. The zero-order valence-corrected chi connectivity index (χ0v) is 14.5. The Bertz CT molecular complexity index is 960. The molecule has 3 rings (SSSR count). The zero-order valence-electron chi connectivity index (χ0n) is 12.9. The van der Waals surface area contributed by atoms with Crippen molar-refractivity contribution in [2.24, 2.45) is 0 Å². The minimum absolute atomic E-state index is 0.0210. The molecule has 25 heavy (non-hydrogen) atoms. The second-order valence-electron chi connectivity index (χ2n) is 5.27. The van der Waals surface area contributed by atoms with E-state index in [1.165, 1.54) is 18.2 Å². The quantitative estimate of drug-likeness (QED) is 0.701. The molecule has 1 amide bonds. The van der Waals surface area contributed by atoms with E-state index in [1.807, 2.05) is 30.3 Å². The monoisotopic (exact) mass is 398 g/mol. The molecule has 0 saturated heterocycles. The summed E-state index contributed by atoms with van der Waals surface area (Å²) in [5.74, 6) is -0.878. The number of aromatic nitrogens is 2. The molecule has 1 heterocycles. The van der Waals surface area contributed by atoms with Crippen LogP contribution in [0.1, 0.15) is 21.6 Å². The number of halogens is 2. The van der Waals surface area contributed by atoms with Crippen LogP contribution in [-0.2, 0) is 6.54 Å². The number of H-pyrrole nitrogens is 1. The number of nitrogens with zero attached hydrogens (tertiary/aromatic N) is 2. The molecule has 0 spiro atoms. The minimum atomic E-state index is -0.473. The Kier molecular flexibility index (Phi) is 4.91. The first-order valence-corrected chi connectivity index (χ1v) is 8.14. The zero-order chi connectivity index (χ0) is 17.8. The summed E-state index contributed by atoms with van der Waals surface area (Å²) in [7, 11) is 0. The van der Waals surface area contributed by atoms with Crippen LogP contribution < -0.4 is 5.32 Å². The fourth-order valence-corrected chi connectivity index (χ4v) is 2.52. The number of hydrogen-bond donors (Lipinski definition) is 2. The van der Waals surface area contributed by atoms with Gasteiger partial charge in [0.2, 0.25) is 0 Å². The van der Waals surface area contributed by atoms with E-state index in [0.717, 1.165) is 10.0 Å².